The molecule has 0 amide bonds. The molecule has 0 spiro atoms. The Bertz CT molecular complexity index is 654. The number of nitro groups is 1. The third-order valence-corrected chi connectivity index (χ3v) is 3.32. The number of hydrogen-bond acceptors (Lipinski definition) is 3. The monoisotopic (exact) mass is 269 g/mol. The lowest BCUT2D eigenvalue weighted by atomic mass is 10.2. The van der Waals surface area contributed by atoms with Crippen LogP contribution in [0.3, 0.4) is 0 Å². The summed E-state index contributed by atoms with van der Waals surface area (Å²) in [5.74, 6) is 6.10. The molecule has 0 bridgehead atoms. The van der Waals surface area contributed by atoms with Gasteiger partial charge in [-0.3, -0.25) is 10.1 Å². The van der Waals surface area contributed by atoms with Crippen LogP contribution in [0.25, 0.3) is 0 Å². The minimum absolute atomic E-state index is 0.0788. The number of hydrogen-bond donors (Lipinski definition) is 0. The van der Waals surface area contributed by atoms with E-state index in [4.69, 9.17) is 0 Å². The molecule has 2 aromatic rings. The number of rotatable bonds is 2. The van der Waals surface area contributed by atoms with Gasteiger partial charge in [-0.2, -0.15) is 0 Å². The summed E-state index contributed by atoms with van der Waals surface area (Å²) < 4.78 is 0. The summed E-state index contributed by atoms with van der Waals surface area (Å²) in [6.45, 7) is 0. The van der Waals surface area contributed by atoms with Gasteiger partial charge in [-0.05, 0) is 30.5 Å². The predicted octanol–water partition coefficient (Wildman–Crippen LogP) is 3.72. The van der Waals surface area contributed by atoms with Gasteiger partial charge in [0.05, 0.1) is 4.92 Å². The van der Waals surface area contributed by atoms with Crippen LogP contribution < -0.4 is 0 Å². The van der Waals surface area contributed by atoms with E-state index in [0.717, 1.165) is 16.0 Å². The Balaban J connectivity index is 2.26. The normalized spacial score (nSPS) is 9.53. The maximum absolute atomic E-state index is 10.5. The summed E-state index contributed by atoms with van der Waals surface area (Å²) in [5.41, 5.74) is 1.81. The first-order valence-corrected chi connectivity index (χ1v) is 6.82. The number of non-ortho nitro benzene ring substituents is 1. The molecule has 94 valence electrons. The molecule has 0 aliphatic carbocycles. The number of benzene rings is 2. The van der Waals surface area contributed by atoms with Crippen molar-refractivity contribution in [2.75, 3.05) is 6.26 Å². The van der Waals surface area contributed by atoms with Gasteiger partial charge in [-0.15, -0.1) is 11.8 Å². The van der Waals surface area contributed by atoms with Gasteiger partial charge in [0.2, 0.25) is 0 Å². The molecule has 0 aliphatic rings. The zero-order valence-electron chi connectivity index (χ0n) is 10.3. The van der Waals surface area contributed by atoms with Crippen LogP contribution >= 0.6 is 11.8 Å². The Kier molecular flexibility index (Phi) is 4.22. The average Bonchev–Trinajstić information content (AvgIpc) is 2.45. The van der Waals surface area contributed by atoms with Gasteiger partial charge < -0.3 is 0 Å². The van der Waals surface area contributed by atoms with Crippen LogP contribution in [0.1, 0.15) is 11.1 Å². The van der Waals surface area contributed by atoms with E-state index in [1.165, 1.54) is 12.1 Å². The van der Waals surface area contributed by atoms with Crippen LogP contribution in [0.15, 0.2) is 53.4 Å². The van der Waals surface area contributed by atoms with Crippen molar-refractivity contribution in [3.63, 3.8) is 0 Å². The second-order valence-corrected chi connectivity index (χ2v) is 4.60. The van der Waals surface area contributed by atoms with E-state index in [2.05, 4.69) is 11.8 Å². The van der Waals surface area contributed by atoms with Gasteiger partial charge in [0.1, 0.15) is 0 Å². The predicted molar refractivity (Wildman–Crippen MR) is 77.3 cm³/mol. The van der Waals surface area contributed by atoms with Crippen molar-refractivity contribution in [2.45, 2.75) is 4.90 Å². The molecule has 2 rings (SSSR count). The van der Waals surface area contributed by atoms with E-state index in [0.29, 0.717) is 0 Å². The summed E-state index contributed by atoms with van der Waals surface area (Å²) in [6, 6.07) is 14.1. The topological polar surface area (TPSA) is 43.1 Å². The van der Waals surface area contributed by atoms with Gasteiger partial charge in [-0.25, -0.2) is 0 Å². The lowest BCUT2D eigenvalue weighted by Gasteiger charge is -1.98. The summed E-state index contributed by atoms with van der Waals surface area (Å²) >= 11 is 1.65. The van der Waals surface area contributed by atoms with Crippen LogP contribution in [-0.4, -0.2) is 11.2 Å². The molecule has 0 N–H and O–H groups in total. The lowest BCUT2D eigenvalue weighted by Crippen LogP contribution is -1.87. The molecular weight excluding hydrogens is 258 g/mol. The Morgan fingerprint density at radius 1 is 1.05 bits per heavy atom. The minimum Gasteiger partial charge on any atom is -0.258 e. The van der Waals surface area contributed by atoms with Gasteiger partial charge in [0.15, 0.2) is 0 Å². The lowest BCUT2D eigenvalue weighted by molar-refractivity contribution is -0.384. The van der Waals surface area contributed by atoms with Crippen LogP contribution in [-0.2, 0) is 0 Å². The zero-order valence-corrected chi connectivity index (χ0v) is 11.1. The highest BCUT2D eigenvalue weighted by molar-refractivity contribution is 7.98. The second-order valence-electron chi connectivity index (χ2n) is 3.75. The first kappa shape index (κ1) is 13.2. The first-order chi connectivity index (χ1) is 9.20. The molecule has 0 aliphatic heterocycles. The molecular formula is C15H11NO2S. The van der Waals surface area contributed by atoms with Crippen LogP contribution in [0.4, 0.5) is 5.69 Å². The molecule has 19 heavy (non-hydrogen) atoms. The molecule has 0 radical (unpaired) electrons. The number of nitrogens with zero attached hydrogens (tertiary/aromatic N) is 1. The van der Waals surface area contributed by atoms with E-state index >= 15 is 0 Å². The molecule has 3 nitrogen and oxygen atoms in total. The summed E-state index contributed by atoms with van der Waals surface area (Å²) in [4.78, 5) is 11.2. The fraction of sp³-hybridized carbons (Fsp3) is 0.0667. The Labute approximate surface area is 115 Å². The average molecular weight is 269 g/mol. The van der Waals surface area contributed by atoms with Gasteiger partial charge in [0, 0.05) is 28.2 Å². The molecule has 0 aromatic heterocycles. The largest absolute Gasteiger partial charge is 0.269 e. The first-order valence-electron chi connectivity index (χ1n) is 5.60. The molecule has 0 saturated carbocycles. The standard InChI is InChI=1S/C15H11NO2S/c1-19-15-5-3-2-4-13(15)9-6-12-7-10-14(11-8-12)16(17)18/h2-5,7-8,10-11H,1H3. The van der Waals surface area contributed by atoms with E-state index in [1.807, 2.05) is 30.5 Å². The van der Waals surface area contributed by atoms with Crippen LogP contribution in [0.5, 0.6) is 0 Å². The van der Waals surface area contributed by atoms with Crippen molar-refractivity contribution in [3.8, 4) is 11.8 Å². The van der Waals surface area contributed by atoms with Crippen molar-refractivity contribution in [2.24, 2.45) is 0 Å². The van der Waals surface area contributed by atoms with Crippen LogP contribution in [0, 0.1) is 22.0 Å². The third kappa shape index (κ3) is 3.36. The van der Waals surface area contributed by atoms with Crippen molar-refractivity contribution < 1.29 is 4.92 Å². The van der Waals surface area contributed by atoms with Crippen molar-refractivity contribution in [3.05, 3.63) is 69.8 Å². The van der Waals surface area contributed by atoms with E-state index in [9.17, 15) is 10.1 Å². The van der Waals surface area contributed by atoms with E-state index in [-0.39, 0.29) is 5.69 Å². The zero-order chi connectivity index (χ0) is 13.7. The van der Waals surface area contributed by atoms with Crippen molar-refractivity contribution in [1.82, 2.24) is 0 Å². The molecule has 0 fully saturated rings. The van der Waals surface area contributed by atoms with E-state index < -0.39 is 4.92 Å². The summed E-state index contributed by atoms with van der Waals surface area (Å²) in [7, 11) is 0. The highest BCUT2D eigenvalue weighted by Gasteiger charge is 2.02. The molecule has 0 atom stereocenters. The summed E-state index contributed by atoms with van der Waals surface area (Å²) in [6.07, 6.45) is 2.01. The van der Waals surface area contributed by atoms with Gasteiger partial charge in [-0.1, -0.05) is 24.0 Å². The van der Waals surface area contributed by atoms with Gasteiger partial charge in [0.25, 0.3) is 5.69 Å². The quantitative estimate of drug-likeness (QED) is 0.361. The van der Waals surface area contributed by atoms with Crippen molar-refractivity contribution in [1.29, 1.82) is 0 Å². The van der Waals surface area contributed by atoms with E-state index in [1.54, 1.807) is 23.9 Å². The second kappa shape index (κ2) is 6.07. The van der Waals surface area contributed by atoms with Crippen molar-refractivity contribution >= 4 is 17.4 Å². The molecule has 4 heteroatoms. The summed E-state index contributed by atoms with van der Waals surface area (Å²) in [5, 5.41) is 10.5. The highest BCUT2D eigenvalue weighted by Crippen LogP contribution is 2.19. The maximum atomic E-state index is 10.5. The molecule has 0 saturated heterocycles. The highest BCUT2D eigenvalue weighted by atomic mass is 32.2. The number of nitro benzene ring substituents is 1. The fourth-order valence-corrected chi connectivity index (χ4v) is 2.11. The Morgan fingerprint density at radius 3 is 2.37 bits per heavy atom. The maximum Gasteiger partial charge on any atom is 0.269 e. The number of thioether (sulfide) groups is 1. The molecule has 2 aromatic carbocycles. The molecule has 0 heterocycles. The third-order valence-electron chi connectivity index (χ3n) is 2.53. The SMILES string of the molecule is CSc1ccccc1C#Cc1ccc([N+](=O)[O-])cc1. The smallest absolute Gasteiger partial charge is 0.258 e. The minimum atomic E-state index is -0.416. The van der Waals surface area contributed by atoms with Gasteiger partial charge >= 0.3 is 0 Å². The Hall–Kier alpha value is -2.25. The fourth-order valence-electron chi connectivity index (χ4n) is 1.55. The Morgan fingerprint density at radius 2 is 1.74 bits per heavy atom. The molecule has 0 unspecified atom stereocenters. The van der Waals surface area contributed by atoms with Crippen LogP contribution in [0.2, 0.25) is 0 Å².